The third kappa shape index (κ3) is 2.40. The third-order valence-electron chi connectivity index (χ3n) is 2.48. The minimum Gasteiger partial charge on any atom is -0.476 e. The Bertz CT molecular complexity index is 331. The fourth-order valence-electron chi connectivity index (χ4n) is 1.75. The average Bonchev–Trinajstić information content (AvgIpc) is 2.61. The first-order valence-corrected chi connectivity index (χ1v) is 5.52. The molecule has 0 radical (unpaired) electrons. The summed E-state index contributed by atoms with van der Waals surface area (Å²) in [5.41, 5.74) is 0.572. The fraction of sp³-hybridized carbons (Fsp3) is 0.727. The Morgan fingerprint density at radius 1 is 1.50 bits per heavy atom. The van der Waals surface area contributed by atoms with Crippen LogP contribution in [0.5, 0.6) is 0 Å². The van der Waals surface area contributed by atoms with Crippen LogP contribution in [0.15, 0.2) is 11.5 Å². The predicted octanol–water partition coefficient (Wildman–Crippen LogP) is 1.42. The van der Waals surface area contributed by atoms with Crippen molar-refractivity contribution in [3.63, 3.8) is 0 Å². The van der Waals surface area contributed by atoms with Crippen LogP contribution in [0.25, 0.3) is 0 Å². The zero-order chi connectivity index (χ0) is 11.8. The van der Waals surface area contributed by atoms with E-state index in [2.05, 4.69) is 5.32 Å². The number of hydrogen-bond donors (Lipinski definition) is 1. The molecule has 0 unspecified atom stereocenters. The molecule has 2 aliphatic heterocycles. The highest BCUT2D eigenvalue weighted by molar-refractivity contribution is 5.68. The summed E-state index contributed by atoms with van der Waals surface area (Å²) in [4.78, 5) is 13.5. The van der Waals surface area contributed by atoms with Crippen LogP contribution in [0, 0.1) is 0 Å². The van der Waals surface area contributed by atoms with Crippen molar-refractivity contribution < 1.29 is 14.3 Å². The average molecular weight is 226 g/mol. The van der Waals surface area contributed by atoms with Crippen LogP contribution in [-0.4, -0.2) is 36.4 Å². The molecule has 0 saturated heterocycles. The minimum atomic E-state index is -0.439. The highest BCUT2D eigenvalue weighted by atomic mass is 16.6. The van der Waals surface area contributed by atoms with E-state index in [9.17, 15) is 4.79 Å². The van der Waals surface area contributed by atoms with E-state index in [-0.39, 0.29) is 6.09 Å². The molecule has 2 heterocycles. The van der Waals surface area contributed by atoms with Crippen LogP contribution in [0.1, 0.15) is 27.2 Å². The zero-order valence-corrected chi connectivity index (χ0v) is 10.0. The Morgan fingerprint density at radius 2 is 2.25 bits per heavy atom. The number of ether oxygens (including phenoxy) is 2. The van der Waals surface area contributed by atoms with Gasteiger partial charge in [0.2, 0.25) is 0 Å². The van der Waals surface area contributed by atoms with E-state index in [1.165, 1.54) is 0 Å². The van der Waals surface area contributed by atoms with Crippen molar-refractivity contribution in [2.45, 2.75) is 32.8 Å². The molecule has 2 rings (SSSR count). The van der Waals surface area contributed by atoms with Crippen LogP contribution >= 0.6 is 0 Å². The molecule has 0 spiro atoms. The van der Waals surface area contributed by atoms with Crippen LogP contribution in [0.4, 0.5) is 4.79 Å². The quantitative estimate of drug-likeness (QED) is 0.678. The van der Waals surface area contributed by atoms with Gasteiger partial charge in [0.25, 0.3) is 0 Å². The van der Waals surface area contributed by atoms with Crippen molar-refractivity contribution in [1.82, 2.24) is 10.2 Å². The highest BCUT2D eigenvalue weighted by Crippen LogP contribution is 2.22. The Balaban J connectivity index is 1.95. The summed E-state index contributed by atoms with van der Waals surface area (Å²) in [6.07, 6.45) is 0.509. The first kappa shape index (κ1) is 11.1. The SMILES string of the molecule is CC(C)(C)OC(=O)N1CCC2=C(C1)NCO2. The van der Waals surface area contributed by atoms with Crippen molar-refractivity contribution in [1.29, 1.82) is 0 Å². The van der Waals surface area contributed by atoms with E-state index >= 15 is 0 Å². The van der Waals surface area contributed by atoms with Gasteiger partial charge in [-0.15, -0.1) is 0 Å². The second-order valence-electron chi connectivity index (χ2n) is 5.02. The van der Waals surface area contributed by atoms with E-state index < -0.39 is 5.60 Å². The number of amides is 1. The molecule has 1 amide bonds. The van der Waals surface area contributed by atoms with E-state index in [4.69, 9.17) is 9.47 Å². The maximum Gasteiger partial charge on any atom is 0.410 e. The maximum absolute atomic E-state index is 11.8. The summed E-state index contributed by atoms with van der Waals surface area (Å²) in [6.45, 7) is 7.36. The summed E-state index contributed by atoms with van der Waals surface area (Å²) in [7, 11) is 0. The van der Waals surface area contributed by atoms with Crippen molar-refractivity contribution in [2.75, 3.05) is 19.8 Å². The number of carbonyl (C=O) groups is 1. The number of hydrogen-bond acceptors (Lipinski definition) is 4. The van der Waals surface area contributed by atoms with Gasteiger partial charge in [0.15, 0.2) is 6.73 Å². The van der Waals surface area contributed by atoms with Crippen molar-refractivity contribution in [3.8, 4) is 0 Å². The molecule has 90 valence electrons. The Hall–Kier alpha value is -1.39. The van der Waals surface area contributed by atoms with Gasteiger partial charge >= 0.3 is 6.09 Å². The molecule has 0 fully saturated rings. The first-order valence-electron chi connectivity index (χ1n) is 5.52. The molecule has 5 nitrogen and oxygen atoms in total. The Labute approximate surface area is 95.4 Å². The lowest BCUT2D eigenvalue weighted by molar-refractivity contribution is 0.0251. The number of nitrogens with zero attached hydrogens (tertiary/aromatic N) is 1. The zero-order valence-electron chi connectivity index (χ0n) is 10.0. The van der Waals surface area contributed by atoms with Gasteiger partial charge < -0.3 is 19.7 Å². The molecule has 0 aliphatic carbocycles. The van der Waals surface area contributed by atoms with Crippen molar-refractivity contribution in [2.24, 2.45) is 0 Å². The topological polar surface area (TPSA) is 50.8 Å². The fourth-order valence-corrected chi connectivity index (χ4v) is 1.75. The monoisotopic (exact) mass is 226 g/mol. The summed E-state index contributed by atoms with van der Waals surface area (Å²) in [6, 6.07) is 0. The molecule has 0 aromatic rings. The molecule has 0 aromatic carbocycles. The van der Waals surface area contributed by atoms with Gasteiger partial charge in [0.1, 0.15) is 11.4 Å². The molecule has 0 bridgehead atoms. The Kier molecular flexibility index (Phi) is 2.69. The van der Waals surface area contributed by atoms with Gasteiger partial charge in [-0.25, -0.2) is 4.79 Å². The second-order valence-corrected chi connectivity index (χ2v) is 5.02. The van der Waals surface area contributed by atoms with Crippen molar-refractivity contribution >= 4 is 6.09 Å². The van der Waals surface area contributed by atoms with Gasteiger partial charge in [0, 0.05) is 13.0 Å². The van der Waals surface area contributed by atoms with Gasteiger partial charge in [-0.05, 0) is 20.8 Å². The van der Waals surface area contributed by atoms with Crippen LogP contribution in [0.2, 0.25) is 0 Å². The molecule has 2 aliphatic rings. The molecule has 16 heavy (non-hydrogen) atoms. The maximum atomic E-state index is 11.8. The lowest BCUT2D eigenvalue weighted by Gasteiger charge is -2.29. The molecular formula is C11H18N2O3. The van der Waals surface area contributed by atoms with Gasteiger partial charge in [-0.1, -0.05) is 0 Å². The van der Waals surface area contributed by atoms with Crippen LogP contribution in [0.3, 0.4) is 0 Å². The lowest BCUT2D eigenvalue weighted by Crippen LogP contribution is -2.41. The standard InChI is InChI=1S/C11H18N2O3/c1-11(2,3)16-10(14)13-5-4-9-8(6-13)12-7-15-9/h12H,4-7H2,1-3H3. The van der Waals surface area contributed by atoms with Gasteiger partial charge in [-0.3, -0.25) is 0 Å². The normalized spacial score (nSPS) is 20.1. The molecule has 0 aromatic heterocycles. The minimum absolute atomic E-state index is 0.257. The van der Waals surface area contributed by atoms with Gasteiger partial charge in [0.05, 0.1) is 12.2 Å². The molecule has 0 saturated carbocycles. The number of nitrogens with one attached hydrogen (secondary N) is 1. The van der Waals surface area contributed by atoms with Crippen LogP contribution in [-0.2, 0) is 9.47 Å². The summed E-state index contributed by atoms with van der Waals surface area (Å²) < 4.78 is 10.7. The molecular weight excluding hydrogens is 208 g/mol. The predicted molar refractivity (Wildman–Crippen MR) is 58.5 cm³/mol. The smallest absolute Gasteiger partial charge is 0.410 e. The van der Waals surface area contributed by atoms with E-state index in [0.29, 0.717) is 19.8 Å². The summed E-state index contributed by atoms with van der Waals surface area (Å²) >= 11 is 0. The molecule has 5 heteroatoms. The number of rotatable bonds is 0. The van der Waals surface area contributed by atoms with E-state index in [1.807, 2.05) is 20.8 Å². The summed E-state index contributed by atoms with van der Waals surface area (Å²) in [5.74, 6) is 0.986. The third-order valence-corrected chi connectivity index (χ3v) is 2.48. The lowest BCUT2D eigenvalue weighted by atomic mass is 10.2. The second kappa shape index (κ2) is 3.88. The van der Waals surface area contributed by atoms with Crippen molar-refractivity contribution in [3.05, 3.63) is 11.5 Å². The summed E-state index contributed by atoms with van der Waals surface area (Å²) in [5, 5.41) is 3.11. The Morgan fingerprint density at radius 3 is 2.94 bits per heavy atom. The van der Waals surface area contributed by atoms with E-state index in [0.717, 1.165) is 17.9 Å². The van der Waals surface area contributed by atoms with E-state index in [1.54, 1.807) is 4.90 Å². The first-order chi connectivity index (χ1) is 7.46. The number of carbonyl (C=O) groups excluding carboxylic acids is 1. The van der Waals surface area contributed by atoms with Crippen LogP contribution < -0.4 is 5.32 Å². The van der Waals surface area contributed by atoms with Gasteiger partial charge in [-0.2, -0.15) is 0 Å². The molecule has 1 N–H and O–H groups in total. The largest absolute Gasteiger partial charge is 0.476 e. The highest BCUT2D eigenvalue weighted by Gasteiger charge is 2.29. The molecule has 0 atom stereocenters.